The molecule has 26 heavy (non-hydrogen) atoms. The molecule has 5 nitrogen and oxygen atoms in total. The summed E-state index contributed by atoms with van der Waals surface area (Å²) in [5, 5.41) is 11.0. The van der Waals surface area contributed by atoms with Crippen molar-refractivity contribution < 1.29 is 18.3 Å². The molecule has 0 saturated heterocycles. The molecular formula is C20H22NO4S-. The number of benzene rings is 2. The zero-order valence-electron chi connectivity index (χ0n) is 14.7. The van der Waals surface area contributed by atoms with Gasteiger partial charge in [-0.3, -0.25) is 4.72 Å². The number of hydrogen-bond donors (Lipinski definition) is 1. The van der Waals surface area contributed by atoms with Gasteiger partial charge in [0.15, 0.2) is 0 Å². The summed E-state index contributed by atoms with van der Waals surface area (Å²) in [4.78, 5) is 11.2. The van der Waals surface area contributed by atoms with Crippen molar-refractivity contribution in [2.45, 2.75) is 49.8 Å². The van der Waals surface area contributed by atoms with E-state index in [-0.39, 0.29) is 16.1 Å². The van der Waals surface area contributed by atoms with E-state index in [2.05, 4.69) is 4.72 Å². The van der Waals surface area contributed by atoms with Crippen molar-refractivity contribution >= 4 is 21.7 Å². The summed E-state index contributed by atoms with van der Waals surface area (Å²) in [6, 6.07) is 11.2. The Bertz CT molecular complexity index is 898. The molecule has 0 radical (unpaired) electrons. The fourth-order valence-electron chi connectivity index (χ4n) is 3.42. The Morgan fingerprint density at radius 2 is 1.69 bits per heavy atom. The normalized spacial score (nSPS) is 15.6. The van der Waals surface area contributed by atoms with E-state index in [0.29, 0.717) is 11.5 Å². The number of anilines is 1. The van der Waals surface area contributed by atoms with Gasteiger partial charge in [0.25, 0.3) is 10.0 Å². The Kier molecular flexibility index (Phi) is 5.32. The Labute approximate surface area is 154 Å². The third-order valence-electron chi connectivity index (χ3n) is 4.98. The van der Waals surface area contributed by atoms with Gasteiger partial charge in [0.05, 0.1) is 16.6 Å². The van der Waals surface area contributed by atoms with Crippen molar-refractivity contribution in [3.05, 3.63) is 59.2 Å². The number of aryl methyl sites for hydroxylation is 1. The quantitative estimate of drug-likeness (QED) is 0.873. The smallest absolute Gasteiger partial charge is 0.261 e. The SMILES string of the molecule is Cc1ccc(C(=O)[O-])cc1NS(=O)(=O)c1ccc(C2CCCCC2)cc1. The van der Waals surface area contributed by atoms with Crippen LogP contribution in [0.25, 0.3) is 0 Å². The number of carboxylic acid groups (broad SMARTS) is 1. The second-order valence-electron chi connectivity index (χ2n) is 6.83. The third kappa shape index (κ3) is 4.07. The van der Waals surface area contributed by atoms with Gasteiger partial charge in [-0.2, -0.15) is 0 Å². The molecular weight excluding hydrogens is 350 g/mol. The molecule has 0 amide bonds. The van der Waals surface area contributed by atoms with Gasteiger partial charge in [0.2, 0.25) is 0 Å². The van der Waals surface area contributed by atoms with Gasteiger partial charge >= 0.3 is 0 Å². The van der Waals surface area contributed by atoms with Crippen molar-refractivity contribution in [3.63, 3.8) is 0 Å². The highest BCUT2D eigenvalue weighted by molar-refractivity contribution is 7.92. The van der Waals surface area contributed by atoms with Crippen molar-refractivity contribution in [1.82, 2.24) is 0 Å². The number of nitrogens with one attached hydrogen (secondary N) is 1. The van der Waals surface area contributed by atoms with Crippen LogP contribution in [-0.4, -0.2) is 14.4 Å². The lowest BCUT2D eigenvalue weighted by atomic mass is 9.84. The lowest BCUT2D eigenvalue weighted by molar-refractivity contribution is -0.255. The average molecular weight is 372 g/mol. The summed E-state index contributed by atoms with van der Waals surface area (Å²) in [7, 11) is -3.79. The first kappa shape index (κ1) is 18.5. The summed E-state index contributed by atoms with van der Waals surface area (Å²) < 4.78 is 27.8. The molecule has 0 spiro atoms. The van der Waals surface area contributed by atoms with Crippen LogP contribution < -0.4 is 9.83 Å². The lowest BCUT2D eigenvalue weighted by Crippen LogP contribution is -2.22. The molecule has 3 rings (SSSR count). The molecule has 1 fully saturated rings. The molecule has 0 atom stereocenters. The van der Waals surface area contributed by atoms with Crippen LogP contribution in [0, 0.1) is 6.92 Å². The van der Waals surface area contributed by atoms with Crippen LogP contribution in [0.5, 0.6) is 0 Å². The minimum Gasteiger partial charge on any atom is -0.545 e. The number of aromatic carboxylic acids is 1. The molecule has 1 saturated carbocycles. The second kappa shape index (κ2) is 7.50. The summed E-state index contributed by atoms with van der Waals surface area (Å²) in [6.07, 6.45) is 6.02. The number of carbonyl (C=O) groups excluding carboxylic acids is 1. The van der Waals surface area contributed by atoms with Crippen LogP contribution in [0.15, 0.2) is 47.4 Å². The largest absolute Gasteiger partial charge is 0.545 e. The molecule has 2 aromatic carbocycles. The fourth-order valence-corrected chi connectivity index (χ4v) is 4.54. The molecule has 0 heterocycles. The summed E-state index contributed by atoms with van der Waals surface area (Å²) in [6.45, 7) is 1.71. The van der Waals surface area contributed by atoms with E-state index < -0.39 is 16.0 Å². The number of sulfonamides is 1. The van der Waals surface area contributed by atoms with E-state index in [9.17, 15) is 18.3 Å². The number of carbonyl (C=O) groups is 1. The molecule has 6 heteroatoms. The maximum atomic E-state index is 12.6. The van der Waals surface area contributed by atoms with Gasteiger partial charge in [-0.05, 0) is 60.6 Å². The Hall–Kier alpha value is -2.34. The summed E-state index contributed by atoms with van der Waals surface area (Å²) in [5.41, 5.74) is 1.99. The second-order valence-corrected chi connectivity index (χ2v) is 8.51. The van der Waals surface area contributed by atoms with Gasteiger partial charge in [0, 0.05) is 0 Å². The Morgan fingerprint density at radius 3 is 2.31 bits per heavy atom. The number of hydrogen-bond acceptors (Lipinski definition) is 4. The zero-order chi connectivity index (χ0) is 18.7. The number of rotatable bonds is 5. The van der Waals surface area contributed by atoms with E-state index in [4.69, 9.17) is 0 Å². The molecule has 1 aliphatic carbocycles. The first-order valence-electron chi connectivity index (χ1n) is 8.81. The van der Waals surface area contributed by atoms with Crippen LogP contribution in [-0.2, 0) is 10.0 Å². The highest BCUT2D eigenvalue weighted by Gasteiger charge is 2.19. The van der Waals surface area contributed by atoms with Crippen LogP contribution >= 0.6 is 0 Å². The van der Waals surface area contributed by atoms with Crippen LogP contribution in [0.1, 0.15) is 59.5 Å². The summed E-state index contributed by atoms with van der Waals surface area (Å²) in [5.74, 6) is -0.835. The van der Waals surface area contributed by atoms with E-state index in [1.807, 2.05) is 12.1 Å². The van der Waals surface area contributed by atoms with Gasteiger partial charge in [0.1, 0.15) is 0 Å². The lowest BCUT2D eigenvalue weighted by Gasteiger charge is -2.22. The van der Waals surface area contributed by atoms with Crippen molar-refractivity contribution in [3.8, 4) is 0 Å². The van der Waals surface area contributed by atoms with E-state index >= 15 is 0 Å². The van der Waals surface area contributed by atoms with Crippen LogP contribution in [0.4, 0.5) is 5.69 Å². The third-order valence-corrected chi connectivity index (χ3v) is 6.37. The van der Waals surface area contributed by atoms with Crippen molar-refractivity contribution in [2.24, 2.45) is 0 Å². The van der Waals surface area contributed by atoms with Crippen molar-refractivity contribution in [2.75, 3.05) is 4.72 Å². The fraction of sp³-hybridized carbons (Fsp3) is 0.350. The standard InChI is InChI=1S/C20H23NO4S/c1-14-7-8-17(20(22)23)13-19(14)21-26(24,25)18-11-9-16(10-12-18)15-5-3-2-4-6-15/h7-13,15,21H,2-6H2,1H3,(H,22,23)/p-1. The first-order valence-corrected chi connectivity index (χ1v) is 10.3. The van der Waals surface area contributed by atoms with E-state index in [1.165, 1.54) is 37.0 Å². The molecule has 0 aliphatic heterocycles. The maximum absolute atomic E-state index is 12.6. The predicted molar refractivity (Wildman–Crippen MR) is 98.6 cm³/mol. The Balaban J connectivity index is 1.82. The maximum Gasteiger partial charge on any atom is 0.261 e. The highest BCUT2D eigenvalue weighted by Crippen LogP contribution is 2.33. The topological polar surface area (TPSA) is 86.3 Å². The van der Waals surface area contributed by atoms with Crippen LogP contribution in [0.2, 0.25) is 0 Å². The molecule has 0 bridgehead atoms. The van der Waals surface area contributed by atoms with E-state index in [0.717, 1.165) is 12.8 Å². The molecule has 0 aromatic heterocycles. The van der Waals surface area contributed by atoms with Crippen molar-refractivity contribution in [1.29, 1.82) is 0 Å². The minimum absolute atomic E-state index is 0.0686. The first-order chi connectivity index (χ1) is 12.4. The number of carboxylic acids is 1. The monoisotopic (exact) mass is 372 g/mol. The molecule has 138 valence electrons. The van der Waals surface area contributed by atoms with Crippen LogP contribution in [0.3, 0.4) is 0 Å². The molecule has 0 unspecified atom stereocenters. The average Bonchev–Trinajstić information content (AvgIpc) is 2.64. The molecule has 1 N–H and O–H groups in total. The Morgan fingerprint density at radius 1 is 1.04 bits per heavy atom. The molecule has 1 aliphatic rings. The van der Waals surface area contributed by atoms with Gasteiger partial charge in [-0.25, -0.2) is 8.42 Å². The van der Waals surface area contributed by atoms with Gasteiger partial charge in [-0.15, -0.1) is 0 Å². The zero-order valence-corrected chi connectivity index (χ0v) is 15.5. The summed E-state index contributed by atoms with van der Waals surface area (Å²) >= 11 is 0. The molecule has 2 aromatic rings. The van der Waals surface area contributed by atoms with Gasteiger partial charge < -0.3 is 9.90 Å². The van der Waals surface area contributed by atoms with E-state index in [1.54, 1.807) is 25.1 Å². The highest BCUT2D eigenvalue weighted by atomic mass is 32.2. The minimum atomic E-state index is -3.79. The predicted octanol–water partition coefficient (Wildman–Crippen LogP) is 3.21. The van der Waals surface area contributed by atoms with Gasteiger partial charge in [-0.1, -0.05) is 43.5 Å².